The summed E-state index contributed by atoms with van der Waals surface area (Å²) >= 11 is 0. The zero-order valence-electron chi connectivity index (χ0n) is 15.2. The fourth-order valence-electron chi connectivity index (χ4n) is 3.98. The molecule has 3 rings (SSSR count). The van der Waals surface area contributed by atoms with Crippen LogP contribution in [0.25, 0.3) is 0 Å². The van der Waals surface area contributed by atoms with Gasteiger partial charge in [-0.25, -0.2) is 0 Å². The normalized spacial score (nSPS) is 27.9. The van der Waals surface area contributed by atoms with Gasteiger partial charge in [-0.15, -0.1) is 24.0 Å². The van der Waals surface area contributed by atoms with E-state index in [0.29, 0.717) is 5.92 Å². The molecule has 0 spiro atoms. The van der Waals surface area contributed by atoms with Gasteiger partial charge in [0.1, 0.15) is 0 Å². The molecule has 2 fully saturated rings. The van der Waals surface area contributed by atoms with Crippen LogP contribution < -0.4 is 5.32 Å². The number of halogens is 1. The van der Waals surface area contributed by atoms with Crippen molar-refractivity contribution in [3.05, 3.63) is 18.0 Å². The van der Waals surface area contributed by atoms with Gasteiger partial charge in [-0.3, -0.25) is 9.67 Å². The Bertz CT molecular complexity index is 533. The minimum absolute atomic E-state index is 0. The molecule has 0 aromatic carbocycles. The third-order valence-corrected chi connectivity index (χ3v) is 5.58. The van der Waals surface area contributed by atoms with Gasteiger partial charge in [0, 0.05) is 45.8 Å². The maximum absolute atomic E-state index is 4.51. The van der Waals surface area contributed by atoms with Crippen LogP contribution in [-0.4, -0.2) is 47.3 Å². The first kappa shape index (κ1) is 19.5. The van der Waals surface area contributed by atoms with Crippen molar-refractivity contribution >= 4 is 29.9 Å². The quantitative estimate of drug-likeness (QED) is 0.442. The summed E-state index contributed by atoms with van der Waals surface area (Å²) in [6.07, 6.45) is 10.8. The minimum Gasteiger partial charge on any atom is -0.356 e. The molecule has 2 heterocycles. The van der Waals surface area contributed by atoms with Crippen LogP contribution in [0.1, 0.15) is 50.5 Å². The van der Waals surface area contributed by atoms with E-state index in [4.69, 9.17) is 0 Å². The zero-order valence-corrected chi connectivity index (χ0v) is 17.6. The molecule has 1 saturated heterocycles. The van der Waals surface area contributed by atoms with Crippen LogP contribution in [0.3, 0.4) is 0 Å². The Hall–Kier alpha value is -0.790. The number of hydrogen-bond acceptors (Lipinski definition) is 2. The van der Waals surface area contributed by atoms with Crippen LogP contribution in [-0.2, 0) is 7.05 Å². The van der Waals surface area contributed by atoms with E-state index >= 15 is 0 Å². The van der Waals surface area contributed by atoms with Gasteiger partial charge in [0.05, 0.1) is 6.20 Å². The second-order valence-corrected chi connectivity index (χ2v) is 7.43. The minimum atomic E-state index is 0. The van der Waals surface area contributed by atoms with Crippen molar-refractivity contribution in [3.63, 3.8) is 0 Å². The molecule has 1 saturated carbocycles. The van der Waals surface area contributed by atoms with Crippen LogP contribution in [0.4, 0.5) is 0 Å². The summed E-state index contributed by atoms with van der Waals surface area (Å²) < 4.78 is 1.90. The average molecular weight is 445 g/mol. The lowest BCUT2D eigenvalue weighted by molar-refractivity contribution is 0.287. The highest BCUT2D eigenvalue weighted by atomic mass is 127. The third kappa shape index (κ3) is 4.86. The van der Waals surface area contributed by atoms with Gasteiger partial charge >= 0.3 is 0 Å². The van der Waals surface area contributed by atoms with E-state index in [9.17, 15) is 0 Å². The second-order valence-electron chi connectivity index (χ2n) is 7.43. The molecule has 0 bridgehead atoms. The van der Waals surface area contributed by atoms with Crippen molar-refractivity contribution in [1.82, 2.24) is 20.0 Å². The SMILES string of the molecule is CN=C(NCC1CCC(C)CC1)N1CCC(c2cnn(C)c2)C1.I. The van der Waals surface area contributed by atoms with Gasteiger partial charge in [0.25, 0.3) is 0 Å². The molecule has 0 radical (unpaired) electrons. The lowest BCUT2D eigenvalue weighted by atomic mass is 9.83. The van der Waals surface area contributed by atoms with E-state index < -0.39 is 0 Å². The van der Waals surface area contributed by atoms with E-state index in [1.807, 2.05) is 25.0 Å². The van der Waals surface area contributed by atoms with Crippen molar-refractivity contribution in [2.75, 3.05) is 26.7 Å². The number of likely N-dealkylation sites (tertiary alicyclic amines) is 1. The van der Waals surface area contributed by atoms with Gasteiger partial charge in [0.15, 0.2) is 5.96 Å². The topological polar surface area (TPSA) is 45.5 Å². The van der Waals surface area contributed by atoms with E-state index in [1.165, 1.54) is 37.7 Å². The highest BCUT2D eigenvalue weighted by Gasteiger charge is 2.27. The smallest absolute Gasteiger partial charge is 0.193 e. The maximum Gasteiger partial charge on any atom is 0.193 e. The number of rotatable bonds is 3. The monoisotopic (exact) mass is 445 g/mol. The molecule has 1 atom stereocenters. The largest absolute Gasteiger partial charge is 0.356 e. The van der Waals surface area contributed by atoms with Crippen LogP contribution >= 0.6 is 24.0 Å². The Balaban J connectivity index is 0.00000208. The number of nitrogens with zero attached hydrogens (tertiary/aromatic N) is 4. The second kappa shape index (κ2) is 9.06. The van der Waals surface area contributed by atoms with Crippen LogP contribution in [0, 0.1) is 11.8 Å². The number of nitrogens with one attached hydrogen (secondary N) is 1. The number of guanidine groups is 1. The van der Waals surface area contributed by atoms with Gasteiger partial charge in [-0.1, -0.05) is 19.8 Å². The molecule has 1 aromatic heterocycles. The van der Waals surface area contributed by atoms with Crippen molar-refractivity contribution in [1.29, 1.82) is 0 Å². The molecule has 1 N–H and O–H groups in total. The van der Waals surface area contributed by atoms with Gasteiger partial charge in [0.2, 0.25) is 0 Å². The molecule has 1 unspecified atom stereocenters. The number of hydrogen-bond donors (Lipinski definition) is 1. The first-order chi connectivity index (χ1) is 11.2. The Labute approximate surface area is 163 Å². The summed E-state index contributed by atoms with van der Waals surface area (Å²) in [5.74, 6) is 3.40. The summed E-state index contributed by atoms with van der Waals surface area (Å²) in [5.41, 5.74) is 1.35. The molecule has 5 nitrogen and oxygen atoms in total. The molecule has 1 aliphatic carbocycles. The zero-order chi connectivity index (χ0) is 16.2. The molecule has 1 aromatic rings. The van der Waals surface area contributed by atoms with Crippen LogP contribution in [0.2, 0.25) is 0 Å². The summed E-state index contributed by atoms with van der Waals surface area (Å²) in [5, 5.41) is 7.94. The number of aliphatic imine (C=N–C) groups is 1. The lowest BCUT2D eigenvalue weighted by Gasteiger charge is -2.28. The van der Waals surface area contributed by atoms with E-state index in [0.717, 1.165) is 37.4 Å². The average Bonchev–Trinajstić information content (AvgIpc) is 3.19. The molecular formula is C18H32IN5. The summed E-state index contributed by atoms with van der Waals surface area (Å²) in [7, 11) is 3.89. The predicted molar refractivity (Wildman–Crippen MR) is 110 cm³/mol. The highest BCUT2D eigenvalue weighted by molar-refractivity contribution is 14.0. The van der Waals surface area contributed by atoms with Crippen LogP contribution in [0.15, 0.2) is 17.4 Å². The Kier molecular flexibility index (Phi) is 7.37. The molecule has 6 heteroatoms. The molecule has 1 aliphatic heterocycles. The predicted octanol–water partition coefficient (Wildman–Crippen LogP) is 3.23. The van der Waals surface area contributed by atoms with E-state index in [1.54, 1.807) is 0 Å². The number of aryl methyl sites for hydroxylation is 1. The Morgan fingerprint density at radius 1 is 1.29 bits per heavy atom. The van der Waals surface area contributed by atoms with Gasteiger partial charge < -0.3 is 10.2 Å². The van der Waals surface area contributed by atoms with E-state index in [2.05, 4.69) is 33.4 Å². The maximum atomic E-state index is 4.51. The number of aromatic nitrogens is 2. The van der Waals surface area contributed by atoms with Crippen LogP contribution in [0.5, 0.6) is 0 Å². The first-order valence-electron chi connectivity index (χ1n) is 9.10. The summed E-state index contributed by atoms with van der Waals surface area (Å²) in [6, 6.07) is 0. The van der Waals surface area contributed by atoms with Crippen molar-refractivity contribution < 1.29 is 0 Å². The standard InChI is InChI=1S/C18H31N5.HI/c1-14-4-6-15(7-5-14)10-20-18(19-2)23-9-8-16(13-23)17-11-21-22(3)12-17;/h11-12,14-16H,4-10,13H2,1-3H3,(H,19,20);1H. The molecule has 136 valence electrons. The highest BCUT2D eigenvalue weighted by Crippen LogP contribution is 2.28. The fourth-order valence-corrected chi connectivity index (χ4v) is 3.98. The fraction of sp³-hybridized carbons (Fsp3) is 0.778. The molecule has 24 heavy (non-hydrogen) atoms. The molecule has 2 aliphatic rings. The van der Waals surface area contributed by atoms with Crippen molar-refractivity contribution in [3.8, 4) is 0 Å². The molecule has 0 amide bonds. The van der Waals surface area contributed by atoms with Gasteiger partial charge in [-0.05, 0) is 36.7 Å². The summed E-state index contributed by atoms with van der Waals surface area (Å²) in [4.78, 5) is 6.92. The third-order valence-electron chi connectivity index (χ3n) is 5.58. The molecular weight excluding hydrogens is 413 g/mol. The summed E-state index contributed by atoms with van der Waals surface area (Å²) in [6.45, 7) is 5.59. The first-order valence-corrected chi connectivity index (χ1v) is 9.10. The lowest BCUT2D eigenvalue weighted by Crippen LogP contribution is -2.42. The van der Waals surface area contributed by atoms with Crippen molar-refractivity contribution in [2.45, 2.75) is 44.9 Å². The van der Waals surface area contributed by atoms with Gasteiger partial charge in [-0.2, -0.15) is 5.10 Å². The van der Waals surface area contributed by atoms with E-state index in [-0.39, 0.29) is 24.0 Å². The Morgan fingerprint density at radius 3 is 2.67 bits per heavy atom. The van der Waals surface area contributed by atoms with Crippen molar-refractivity contribution in [2.24, 2.45) is 23.9 Å². The Morgan fingerprint density at radius 2 is 2.04 bits per heavy atom.